The van der Waals surface area contributed by atoms with Crippen LogP contribution in [0.15, 0.2) is 22.7 Å². The fourth-order valence-electron chi connectivity index (χ4n) is 3.23. The van der Waals surface area contributed by atoms with Crippen molar-refractivity contribution in [3.05, 3.63) is 28.2 Å². The molecule has 2 atom stereocenters. The first-order valence-electron chi connectivity index (χ1n) is 7.05. The van der Waals surface area contributed by atoms with Gasteiger partial charge in [-0.25, -0.2) is 0 Å². The highest BCUT2D eigenvalue weighted by molar-refractivity contribution is 9.10. The maximum atomic E-state index is 5.28. The zero-order valence-electron chi connectivity index (χ0n) is 11.4. The molecule has 2 aliphatic rings. The van der Waals surface area contributed by atoms with Crippen LogP contribution >= 0.6 is 15.9 Å². The van der Waals surface area contributed by atoms with Gasteiger partial charge in [0, 0.05) is 31.7 Å². The zero-order valence-corrected chi connectivity index (χ0v) is 12.9. The molecule has 19 heavy (non-hydrogen) atoms. The number of hydrogen-bond acceptors (Lipinski definition) is 3. The van der Waals surface area contributed by atoms with Gasteiger partial charge in [0.15, 0.2) is 0 Å². The first-order chi connectivity index (χ1) is 9.24. The first kappa shape index (κ1) is 13.4. The minimum atomic E-state index is 0.703. The number of likely N-dealkylation sites (tertiary alicyclic amines) is 1. The smallest absolute Gasteiger partial charge is 0.133 e. The lowest BCUT2D eigenvalue weighted by atomic mass is 10.1. The monoisotopic (exact) mass is 324 g/mol. The van der Waals surface area contributed by atoms with E-state index in [1.807, 2.05) is 6.07 Å². The molecule has 0 radical (unpaired) electrons. The lowest BCUT2D eigenvalue weighted by Gasteiger charge is -2.24. The van der Waals surface area contributed by atoms with Gasteiger partial charge in [0.05, 0.1) is 11.6 Å². The van der Waals surface area contributed by atoms with Gasteiger partial charge in [-0.3, -0.25) is 4.90 Å². The molecule has 2 unspecified atom stereocenters. The molecule has 4 heteroatoms. The standard InChI is InChI=1S/C15H21BrN2O/c1-19-15-5-2-11(8-14(15)16)9-18-7-6-12-3-4-13(10-18)17-12/h2,5,8,12-13,17H,3-4,6-7,9-10H2,1H3. The molecule has 0 amide bonds. The molecular formula is C15H21BrN2O. The average molecular weight is 325 g/mol. The minimum Gasteiger partial charge on any atom is -0.496 e. The Kier molecular flexibility index (Phi) is 4.10. The predicted molar refractivity (Wildman–Crippen MR) is 80.5 cm³/mol. The van der Waals surface area contributed by atoms with Crippen LogP contribution in [-0.2, 0) is 6.54 Å². The van der Waals surface area contributed by atoms with Crippen molar-refractivity contribution in [2.45, 2.75) is 37.9 Å². The van der Waals surface area contributed by atoms with E-state index in [4.69, 9.17) is 4.74 Å². The largest absolute Gasteiger partial charge is 0.496 e. The molecule has 1 aromatic carbocycles. The Morgan fingerprint density at radius 3 is 2.95 bits per heavy atom. The molecule has 1 N–H and O–H groups in total. The van der Waals surface area contributed by atoms with Crippen LogP contribution in [-0.4, -0.2) is 37.2 Å². The van der Waals surface area contributed by atoms with E-state index in [1.54, 1.807) is 7.11 Å². The zero-order chi connectivity index (χ0) is 13.2. The van der Waals surface area contributed by atoms with E-state index in [-0.39, 0.29) is 0 Å². The second kappa shape index (κ2) is 5.81. The number of benzene rings is 1. The van der Waals surface area contributed by atoms with Crippen molar-refractivity contribution in [1.29, 1.82) is 0 Å². The molecule has 1 aromatic rings. The molecule has 2 saturated heterocycles. The maximum Gasteiger partial charge on any atom is 0.133 e. The maximum absolute atomic E-state index is 5.28. The van der Waals surface area contributed by atoms with E-state index in [0.29, 0.717) is 6.04 Å². The second-order valence-corrected chi connectivity index (χ2v) is 6.48. The average Bonchev–Trinajstić information content (AvgIpc) is 2.73. The van der Waals surface area contributed by atoms with Gasteiger partial charge in [-0.1, -0.05) is 6.07 Å². The van der Waals surface area contributed by atoms with E-state index < -0.39 is 0 Å². The Morgan fingerprint density at radius 1 is 1.32 bits per heavy atom. The van der Waals surface area contributed by atoms with E-state index in [0.717, 1.165) is 22.8 Å². The highest BCUT2D eigenvalue weighted by atomic mass is 79.9. The minimum absolute atomic E-state index is 0.703. The molecule has 2 aliphatic heterocycles. The van der Waals surface area contributed by atoms with Gasteiger partial charge in [-0.15, -0.1) is 0 Å². The number of methoxy groups -OCH3 is 1. The van der Waals surface area contributed by atoms with E-state index in [2.05, 4.69) is 38.3 Å². The van der Waals surface area contributed by atoms with Gasteiger partial charge in [0.25, 0.3) is 0 Å². The Hall–Kier alpha value is -0.580. The van der Waals surface area contributed by atoms with Gasteiger partial charge in [-0.2, -0.15) is 0 Å². The van der Waals surface area contributed by atoms with Crippen LogP contribution in [0.3, 0.4) is 0 Å². The lowest BCUT2D eigenvalue weighted by Crippen LogP contribution is -2.34. The van der Waals surface area contributed by atoms with Crippen LogP contribution in [0.1, 0.15) is 24.8 Å². The van der Waals surface area contributed by atoms with Crippen molar-refractivity contribution < 1.29 is 4.74 Å². The predicted octanol–water partition coefficient (Wildman–Crippen LogP) is 2.78. The highest BCUT2D eigenvalue weighted by Gasteiger charge is 2.29. The molecule has 0 aromatic heterocycles. The Labute approximate surface area is 123 Å². The Morgan fingerprint density at radius 2 is 2.16 bits per heavy atom. The summed E-state index contributed by atoms with van der Waals surface area (Å²) in [4.78, 5) is 2.57. The summed E-state index contributed by atoms with van der Waals surface area (Å²) in [7, 11) is 1.71. The van der Waals surface area contributed by atoms with Crippen molar-refractivity contribution in [3.8, 4) is 5.75 Å². The highest BCUT2D eigenvalue weighted by Crippen LogP contribution is 2.27. The van der Waals surface area contributed by atoms with Gasteiger partial charge in [0.2, 0.25) is 0 Å². The van der Waals surface area contributed by atoms with Crippen LogP contribution in [0.25, 0.3) is 0 Å². The quantitative estimate of drug-likeness (QED) is 0.925. The van der Waals surface area contributed by atoms with Crippen molar-refractivity contribution in [2.24, 2.45) is 0 Å². The molecule has 2 bridgehead atoms. The summed E-state index contributed by atoms with van der Waals surface area (Å²) in [5.74, 6) is 0.903. The van der Waals surface area contributed by atoms with Gasteiger partial charge < -0.3 is 10.1 Å². The third kappa shape index (κ3) is 3.12. The molecular weight excluding hydrogens is 304 g/mol. The number of halogens is 1. The Bertz CT molecular complexity index is 452. The SMILES string of the molecule is COc1ccc(CN2CCC3CCC(C2)N3)cc1Br. The van der Waals surface area contributed by atoms with E-state index in [9.17, 15) is 0 Å². The normalized spacial score (nSPS) is 27.3. The van der Waals surface area contributed by atoms with Crippen LogP contribution < -0.4 is 10.1 Å². The molecule has 2 heterocycles. The van der Waals surface area contributed by atoms with Gasteiger partial charge in [0.1, 0.15) is 5.75 Å². The first-order valence-corrected chi connectivity index (χ1v) is 7.84. The summed E-state index contributed by atoms with van der Waals surface area (Å²) in [5, 5.41) is 3.73. The summed E-state index contributed by atoms with van der Waals surface area (Å²) in [6.45, 7) is 3.42. The summed E-state index contributed by atoms with van der Waals surface area (Å²) in [5.41, 5.74) is 1.35. The fraction of sp³-hybridized carbons (Fsp3) is 0.600. The molecule has 0 saturated carbocycles. The van der Waals surface area contributed by atoms with Crippen LogP contribution in [0.5, 0.6) is 5.75 Å². The number of fused-ring (bicyclic) bond motifs is 2. The van der Waals surface area contributed by atoms with Crippen molar-refractivity contribution >= 4 is 15.9 Å². The number of rotatable bonds is 3. The van der Waals surface area contributed by atoms with E-state index in [1.165, 1.54) is 37.9 Å². The van der Waals surface area contributed by atoms with Crippen molar-refractivity contribution in [2.75, 3.05) is 20.2 Å². The second-order valence-electron chi connectivity index (χ2n) is 5.63. The van der Waals surface area contributed by atoms with E-state index >= 15 is 0 Å². The van der Waals surface area contributed by atoms with Crippen molar-refractivity contribution in [1.82, 2.24) is 10.2 Å². The molecule has 3 nitrogen and oxygen atoms in total. The van der Waals surface area contributed by atoms with Crippen LogP contribution in [0.4, 0.5) is 0 Å². The summed E-state index contributed by atoms with van der Waals surface area (Å²) >= 11 is 3.56. The number of nitrogens with one attached hydrogen (secondary N) is 1. The number of nitrogens with zero attached hydrogens (tertiary/aromatic N) is 1. The third-order valence-corrected chi connectivity index (χ3v) is 4.85. The lowest BCUT2D eigenvalue weighted by molar-refractivity contribution is 0.251. The molecule has 3 rings (SSSR count). The van der Waals surface area contributed by atoms with Crippen LogP contribution in [0.2, 0.25) is 0 Å². The Balaban J connectivity index is 1.66. The molecule has 2 fully saturated rings. The molecule has 0 spiro atoms. The third-order valence-electron chi connectivity index (χ3n) is 4.23. The number of hydrogen-bond donors (Lipinski definition) is 1. The number of ether oxygens (including phenoxy) is 1. The molecule has 0 aliphatic carbocycles. The van der Waals surface area contributed by atoms with Crippen molar-refractivity contribution in [3.63, 3.8) is 0 Å². The van der Waals surface area contributed by atoms with Gasteiger partial charge in [-0.05, 0) is 52.9 Å². The van der Waals surface area contributed by atoms with Crippen LogP contribution in [0, 0.1) is 0 Å². The van der Waals surface area contributed by atoms with Gasteiger partial charge >= 0.3 is 0 Å². The summed E-state index contributed by atoms with van der Waals surface area (Å²) < 4.78 is 6.32. The fourth-order valence-corrected chi connectivity index (χ4v) is 3.81. The summed E-state index contributed by atoms with van der Waals surface area (Å²) in [6.07, 6.45) is 3.99. The topological polar surface area (TPSA) is 24.5 Å². The molecule has 104 valence electrons. The summed E-state index contributed by atoms with van der Waals surface area (Å²) in [6, 6.07) is 7.85.